The Morgan fingerprint density at radius 2 is 2.00 bits per heavy atom. The number of hydrogen-bond acceptors (Lipinski definition) is 3. The average molecular weight is 374 g/mol. The first-order valence-corrected chi connectivity index (χ1v) is 8.71. The molecule has 1 heterocycles. The van der Waals surface area contributed by atoms with Gasteiger partial charge in [0.25, 0.3) is 5.91 Å². The van der Waals surface area contributed by atoms with Crippen LogP contribution in [0.5, 0.6) is 0 Å². The molecule has 23 heavy (non-hydrogen) atoms. The van der Waals surface area contributed by atoms with Crippen molar-refractivity contribution in [3.05, 3.63) is 52.1 Å². The number of benzene rings is 1. The summed E-state index contributed by atoms with van der Waals surface area (Å²) in [6.07, 6.45) is 6.56. The normalized spacial score (nSPS) is 14.7. The van der Waals surface area contributed by atoms with Gasteiger partial charge in [-0.25, -0.2) is 4.98 Å². The van der Waals surface area contributed by atoms with Crippen LogP contribution >= 0.6 is 15.9 Å². The number of rotatable bonds is 4. The summed E-state index contributed by atoms with van der Waals surface area (Å²) in [5, 5.41) is 6.38. The Bertz CT molecular complexity index is 711. The van der Waals surface area contributed by atoms with Gasteiger partial charge in [-0.1, -0.05) is 28.8 Å². The highest BCUT2D eigenvalue weighted by molar-refractivity contribution is 9.10. The van der Waals surface area contributed by atoms with Crippen LogP contribution < -0.4 is 10.6 Å². The summed E-state index contributed by atoms with van der Waals surface area (Å²) in [5.74, 6) is 0.657. The molecule has 4 nitrogen and oxygen atoms in total. The maximum Gasteiger partial charge on any atom is 0.255 e. The number of nitrogens with zero attached hydrogens (tertiary/aromatic N) is 1. The van der Waals surface area contributed by atoms with Crippen molar-refractivity contribution in [2.45, 2.75) is 38.6 Å². The molecule has 1 aliphatic rings. The molecule has 0 radical (unpaired) electrons. The number of carbonyl (C=O) groups excluding carboxylic acids is 1. The monoisotopic (exact) mass is 373 g/mol. The lowest BCUT2D eigenvalue weighted by atomic mass is 10.2. The molecule has 1 fully saturated rings. The smallest absolute Gasteiger partial charge is 0.255 e. The van der Waals surface area contributed by atoms with E-state index in [1.165, 1.54) is 25.7 Å². The summed E-state index contributed by atoms with van der Waals surface area (Å²) in [6.45, 7) is 1.97. The molecule has 0 bridgehead atoms. The molecule has 0 aliphatic heterocycles. The third-order valence-corrected chi connectivity index (χ3v) is 4.66. The lowest BCUT2D eigenvalue weighted by molar-refractivity contribution is 0.102. The zero-order valence-corrected chi connectivity index (χ0v) is 14.7. The number of aromatic nitrogens is 1. The van der Waals surface area contributed by atoms with Gasteiger partial charge in [-0.05, 0) is 55.7 Å². The summed E-state index contributed by atoms with van der Waals surface area (Å²) < 4.78 is 1.000. The van der Waals surface area contributed by atoms with Crippen molar-refractivity contribution in [2.75, 3.05) is 10.6 Å². The van der Waals surface area contributed by atoms with E-state index < -0.39 is 0 Å². The Morgan fingerprint density at radius 3 is 2.74 bits per heavy atom. The maximum atomic E-state index is 12.5. The maximum absolute atomic E-state index is 12.5. The van der Waals surface area contributed by atoms with E-state index in [-0.39, 0.29) is 5.91 Å². The highest BCUT2D eigenvalue weighted by Gasteiger charge is 2.16. The van der Waals surface area contributed by atoms with Gasteiger partial charge in [-0.15, -0.1) is 0 Å². The molecule has 5 heteroatoms. The molecule has 0 unspecified atom stereocenters. The first-order valence-electron chi connectivity index (χ1n) is 7.92. The Balaban J connectivity index is 1.71. The number of anilines is 2. The van der Waals surface area contributed by atoms with E-state index in [2.05, 4.69) is 31.5 Å². The second-order valence-corrected chi connectivity index (χ2v) is 6.88. The Labute approximate surface area is 144 Å². The van der Waals surface area contributed by atoms with Gasteiger partial charge in [0.05, 0.1) is 0 Å². The molecule has 0 atom stereocenters. The standard InChI is InChI=1S/C18H20BrN3O/c1-12-10-14(19)6-7-16(12)22-18(23)13-8-9-20-17(11-13)21-15-4-2-3-5-15/h6-11,15H,2-5H2,1H3,(H,20,21)(H,22,23). The second kappa shape index (κ2) is 7.13. The van der Waals surface area contributed by atoms with Gasteiger partial charge in [0, 0.05) is 28.0 Å². The van der Waals surface area contributed by atoms with Crippen LogP contribution in [-0.2, 0) is 0 Å². The van der Waals surface area contributed by atoms with Gasteiger partial charge in [0.1, 0.15) is 5.82 Å². The van der Waals surface area contributed by atoms with Crippen LogP contribution in [0.1, 0.15) is 41.6 Å². The molecule has 120 valence electrons. The average Bonchev–Trinajstić information content (AvgIpc) is 3.03. The van der Waals surface area contributed by atoms with Gasteiger partial charge in [0.15, 0.2) is 0 Å². The van der Waals surface area contributed by atoms with Crippen molar-refractivity contribution in [3.63, 3.8) is 0 Å². The summed E-state index contributed by atoms with van der Waals surface area (Å²) >= 11 is 3.43. The van der Waals surface area contributed by atoms with Crippen molar-refractivity contribution < 1.29 is 4.79 Å². The van der Waals surface area contributed by atoms with Crippen LogP contribution in [0.4, 0.5) is 11.5 Å². The highest BCUT2D eigenvalue weighted by atomic mass is 79.9. The number of nitrogens with one attached hydrogen (secondary N) is 2. The van der Waals surface area contributed by atoms with Gasteiger partial charge in [-0.3, -0.25) is 4.79 Å². The molecule has 1 aliphatic carbocycles. The minimum absolute atomic E-state index is 0.118. The molecule has 1 saturated carbocycles. The lowest BCUT2D eigenvalue weighted by Crippen LogP contribution is -2.17. The van der Waals surface area contributed by atoms with E-state index in [9.17, 15) is 4.79 Å². The topological polar surface area (TPSA) is 54.0 Å². The van der Waals surface area contributed by atoms with E-state index >= 15 is 0 Å². The first-order chi connectivity index (χ1) is 11.1. The zero-order valence-electron chi connectivity index (χ0n) is 13.1. The molecular weight excluding hydrogens is 354 g/mol. The third kappa shape index (κ3) is 4.10. The fourth-order valence-corrected chi connectivity index (χ4v) is 3.37. The molecular formula is C18H20BrN3O. The predicted octanol–water partition coefficient (Wildman–Crippen LogP) is 4.76. The van der Waals surface area contributed by atoms with Crippen molar-refractivity contribution >= 4 is 33.3 Å². The van der Waals surface area contributed by atoms with Crippen molar-refractivity contribution in [2.24, 2.45) is 0 Å². The van der Waals surface area contributed by atoms with Gasteiger partial charge in [0.2, 0.25) is 0 Å². The lowest BCUT2D eigenvalue weighted by Gasteiger charge is -2.13. The summed E-state index contributed by atoms with van der Waals surface area (Å²) in [5.41, 5.74) is 2.45. The number of pyridine rings is 1. The Morgan fingerprint density at radius 1 is 1.22 bits per heavy atom. The molecule has 1 aromatic heterocycles. The summed E-state index contributed by atoms with van der Waals surface area (Å²) in [6, 6.07) is 9.84. The first kappa shape index (κ1) is 16.0. The van der Waals surface area contributed by atoms with E-state index in [0.29, 0.717) is 11.6 Å². The second-order valence-electron chi connectivity index (χ2n) is 5.97. The Kier molecular flexibility index (Phi) is 4.96. The molecule has 1 amide bonds. The Hall–Kier alpha value is -1.88. The fourth-order valence-electron chi connectivity index (χ4n) is 2.89. The van der Waals surface area contributed by atoms with Gasteiger partial charge in [-0.2, -0.15) is 0 Å². The molecule has 0 spiro atoms. The number of aryl methyl sites for hydroxylation is 1. The van der Waals surface area contributed by atoms with Crippen molar-refractivity contribution in [1.29, 1.82) is 0 Å². The minimum Gasteiger partial charge on any atom is -0.367 e. The quantitative estimate of drug-likeness (QED) is 0.811. The van der Waals surface area contributed by atoms with Crippen LogP contribution in [0.2, 0.25) is 0 Å². The van der Waals surface area contributed by atoms with Crippen LogP contribution in [0.15, 0.2) is 41.0 Å². The van der Waals surface area contributed by atoms with Crippen LogP contribution in [0.25, 0.3) is 0 Å². The van der Waals surface area contributed by atoms with Gasteiger partial charge >= 0.3 is 0 Å². The molecule has 1 aromatic carbocycles. The molecule has 2 aromatic rings. The minimum atomic E-state index is -0.118. The number of halogens is 1. The number of amides is 1. The van der Waals surface area contributed by atoms with Crippen molar-refractivity contribution in [1.82, 2.24) is 4.98 Å². The van der Waals surface area contributed by atoms with E-state index in [4.69, 9.17) is 0 Å². The number of hydrogen-bond donors (Lipinski definition) is 2. The zero-order chi connectivity index (χ0) is 16.2. The van der Waals surface area contributed by atoms with E-state index in [1.807, 2.05) is 31.2 Å². The van der Waals surface area contributed by atoms with Crippen molar-refractivity contribution in [3.8, 4) is 0 Å². The van der Waals surface area contributed by atoms with Crippen LogP contribution in [0.3, 0.4) is 0 Å². The summed E-state index contributed by atoms with van der Waals surface area (Å²) in [4.78, 5) is 16.8. The highest BCUT2D eigenvalue weighted by Crippen LogP contribution is 2.23. The largest absolute Gasteiger partial charge is 0.367 e. The third-order valence-electron chi connectivity index (χ3n) is 4.17. The van der Waals surface area contributed by atoms with Crippen LogP contribution in [-0.4, -0.2) is 16.9 Å². The number of carbonyl (C=O) groups is 1. The summed E-state index contributed by atoms with van der Waals surface area (Å²) in [7, 11) is 0. The van der Waals surface area contributed by atoms with Crippen LogP contribution in [0, 0.1) is 6.92 Å². The molecule has 2 N–H and O–H groups in total. The molecule has 0 saturated heterocycles. The fraction of sp³-hybridized carbons (Fsp3) is 0.333. The van der Waals surface area contributed by atoms with E-state index in [1.54, 1.807) is 12.3 Å². The predicted molar refractivity (Wildman–Crippen MR) is 96.9 cm³/mol. The SMILES string of the molecule is Cc1cc(Br)ccc1NC(=O)c1ccnc(NC2CCCC2)c1. The van der Waals surface area contributed by atoms with Gasteiger partial charge < -0.3 is 10.6 Å². The molecule has 3 rings (SSSR count). The van der Waals surface area contributed by atoms with E-state index in [0.717, 1.165) is 21.5 Å².